The van der Waals surface area contributed by atoms with Crippen LogP contribution in [-0.4, -0.2) is 40.7 Å². The fraction of sp³-hybridized carbons (Fsp3) is 0.500. The summed E-state index contributed by atoms with van der Waals surface area (Å²) in [6.45, 7) is 4.66. The van der Waals surface area contributed by atoms with E-state index in [1.165, 1.54) is 0 Å². The molecule has 8 heteroatoms. The smallest absolute Gasteiger partial charge is 0.335 e. The Morgan fingerprint density at radius 3 is 2.62 bits per heavy atom. The van der Waals surface area contributed by atoms with Crippen molar-refractivity contribution in [1.82, 2.24) is 5.32 Å². The molecule has 3 atom stereocenters. The summed E-state index contributed by atoms with van der Waals surface area (Å²) >= 11 is 0. The molecule has 1 aromatic carbocycles. The lowest BCUT2D eigenvalue weighted by molar-refractivity contribution is -0.384. The van der Waals surface area contributed by atoms with Gasteiger partial charge < -0.3 is 15.2 Å². The summed E-state index contributed by atoms with van der Waals surface area (Å²) in [6.07, 6.45) is 0.955. The van der Waals surface area contributed by atoms with Crippen molar-refractivity contribution in [2.24, 2.45) is 11.3 Å². The van der Waals surface area contributed by atoms with Gasteiger partial charge in [-0.05, 0) is 12.5 Å². The molecule has 1 aliphatic carbocycles. The van der Waals surface area contributed by atoms with Crippen LogP contribution in [0.1, 0.15) is 41.0 Å². The van der Waals surface area contributed by atoms with Crippen molar-refractivity contribution in [3.05, 3.63) is 39.4 Å². The van der Waals surface area contributed by atoms with Crippen LogP contribution in [0.2, 0.25) is 0 Å². The molecule has 0 aromatic heterocycles. The molecular weight excluding hydrogens is 316 g/mol. The van der Waals surface area contributed by atoms with Crippen LogP contribution in [0.3, 0.4) is 0 Å². The summed E-state index contributed by atoms with van der Waals surface area (Å²) in [6, 6.07) is 3.08. The number of amides is 1. The second-order valence-electron chi connectivity index (χ2n) is 6.85. The lowest BCUT2D eigenvalue weighted by Crippen LogP contribution is -2.66. The first-order chi connectivity index (χ1) is 11.2. The summed E-state index contributed by atoms with van der Waals surface area (Å²) < 4.78 is 5.67. The van der Waals surface area contributed by atoms with Gasteiger partial charge in [-0.1, -0.05) is 13.8 Å². The van der Waals surface area contributed by atoms with Crippen molar-refractivity contribution in [2.75, 3.05) is 6.61 Å². The molecule has 1 saturated heterocycles. The highest BCUT2D eigenvalue weighted by Crippen LogP contribution is 2.52. The van der Waals surface area contributed by atoms with E-state index in [-0.39, 0.29) is 34.6 Å². The van der Waals surface area contributed by atoms with Gasteiger partial charge in [0.15, 0.2) is 0 Å². The molecular formula is C16H18N2O6. The number of carbonyl (C=O) groups is 2. The van der Waals surface area contributed by atoms with Crippen LogP contribution in [0, 0.1) is 21.4 Å². The normalized spacial score (nSPS) is 27.0. The highest BCUT2D eigenvalue weighted by Gasteiger charge is 2.59. The molecule has 8 nitrogen and oxygen atoms in total. The maximum absolute atomic E-state index is 12.5. The highest BCUT2D eigenvalue weighted by molar-refractivity contribution is 5.98. The third kappa shape index (κ3) is 2.52. The van der Waals surface area contributed by atoms with E-state index in [9.17, 15) is 19.7 Å². The Kier molecular flexibility index (Phi) is 3.79. The van der Waals surface area contributed by atoms with E-state index in [1.807, 2.05) is 13.8 Å². The fourth-order valence-electron chi connectivity index (χ4n) is 3.81. The first-order valence-electron chi connectivity index (χ1n) is 7.67. The average molecular weight is 334 g/mol. The quantitative estimate of drug-likeness (QED) is 0.640. The zero-order chi connectivity index (χ0) is 17.6. The number of benzene rings is 1. The molecule has 0 spiro atoms. The van der Waals surface area contributed by atoms with Gasteiger partial charge >= 0.3 is 5.97 Å². The number of non-ortho nitro benzene ring substituents is 1. The third-order valence-corrected chi connectivity index (χ3v) is 5.02. The van der Waals surface area contributed by atoms with Crippen molar-refractivity contribution < 1.29 is 24.4 Å². The predicted molar refractivity (Wildman–Crippen MR) is 82.9 cm³/mol. The van der Waals surface area contributed by atoms with Gasteiger partial charge in [-0.25, -0.2) is 4.79 Å². The van der Waals surface area contributed by atoms with E-state index in [2.05, 4.69) is 5.32 Å². The topological polar surface area (TPSA) is 119 Å². The Balaban J connectivity index is 1.85. The fourth-order valence-corrected chi connectivity index (χ4v) is 3.81. The second kappa shape index (κ2) is 5.55. The van der Waals surface area contributed by atoms with Gasteiger partial charge in [0.2, 0.25) is 0 Å². The van der Waals surface area contributed by atoms with E-state index >= 15 is 0 Å². The standard InChI is InChI=1S/C16H18N2O6/c1-16(2)12(11-3-4-24-13(11)16)17-14(19)8-5-9(15(20)21)7-10(6-8)18(22)23/h5-7,11-13H,3-4H2,1-2H3,(H,17,19)(H,20,21). The molecule has 1 aliphatic heterocycles. The molecule has 0 radical (unpaired) electrons. The zero-order valence-corrected chi connectivity index (χ0v) is 13.3. The summed E-state index contributed by atoms with van der Waals surface area (Å²) in [7, 11) is 0. The van der Waals surface area contributed by atoms with Gasteiger partial charge in [0.05, 0.1) is 16.6 Å². The molecule has 2 N–H and O–H groups in total. The average Bonchev–Trinajstić information content (AvgIpc) is 2.98. The van der Waals surface area contributed by atoms with Crippen LogP contribution in [0.4, 0.5) is 5.69 Å². The minimum Gasteiger partial charge on any atom is -0.478 e. The number of nitro benzene ring substituents is 1. The number of carbonyl (C=O) groups excluding carboxylic acids is 1. The molecule has 2 fully saturated rings. The van der Waals surface area contributed by atoms with Crippen molar-refractivity contribution >= 4 is 17.6 Å². The molecule has 1 aromatic rings. The number of rotatable bonds is 4. The number of carboxylic acids is 1. The molecule has 128 valence electrons. The highest BCUT2D eigenvalue weighted by atomic mass is 16.6. The Bertz CT molecular complexity index is 697. The van der Waals surface area contributed by atoms with Gasteiger partial charge in [-0.2, -0.15) is 0 Å². The number of aromatic carboxylic acids is 1. The summed E-state index contributed by atoms with van der Waals surface area (Å²) in [4.78, 5) is 33.9. The van der Waals surface area contributed by atoms with Gasteiger partial charge in [-0.15, -0.1) is 0 Å². The number of hydrogen-bond donors (Lipinski definition) is 2. The molecule has 1 heterocycles. The van der Waals surface area contributed by atoms with E-state index in [0.29, 0.717) is 6.61 Å². The van der Waals surface area contributed by atoms with Crippen LogP contribution in [-0.2, 0) is 4.74 Å². The maximum Gasteiger partial charge on any atom is 0.335 e. The Morgan fingerprint density at radius 2 is 2.00 bits per heavy atom. The number of nitro groups is 1. The van der Waals surface area contributed by atoms with Crippen LogP contribution in [0.25, 0.3) is 0 Å². The van der Waals surface area contributed by atoms with Crippen molar-refractivity contribution in [2.45, 2.75) is 32.4 Å². The number of hydrogen-bond acceptors (Lipinski definition) is 5. The maximum atomic E-state index is 12.5. The Hall–Kier alpha value is -2.48. The SMILES string of the molecule is CC1(C)C(NC(=O)c2cc(C(=O)O)cc([N+](=O)[O-])c2)C2CCOC21. The predicted octanol–water partition coefficient (Wildman–Crippen LogP) is 1.84. The van der Waals surface area contributed by atoms with Gasteiger partial charge in [0.25, 0.3) is 11.6 Å². The minimum atomic E-state index is -1.32. The number of fused-ring (bicyclic) bond motifs is 1. The van der Waals surface area contributed by atoms with Crippen LogP contribution in [0.5, 0.6) is 0 Å². The van der Waals surface area contributed by atoms with Crippen LogP contribution < -0.4 is 5.32 Å². The molecule has 1 saturated carbocycles. The number of nitrogens with zero attached hydrogens (tertiary/aromatic N) is 1. The molecule has 3 rings (SSSR count). The summed E-state index contributed by atoms with van der Waals surface area (Å²) in [5.74, 6) is -1.60. The van der Waals surface area contributed by atoms with Gasteiger partial charge in [-0.3, -0.25) is 14.9 Å². The monoisotopic (exact) mass is 334 g/mol. The van der Waals surface area contributed by atoms with E-state index in [4.69, 9.17) is 9.84 Å². The van der Waals surface area contributed by atoms with Crippen molar-refractivity contribution in [3.63, 3.8) is 0 Å². The van der Waals surface area contributed by atoms with E-state index in [0.717, 1.165) is 24.6 Å². The van der Waals surface area contributed by atoms with Crippen molar-refractivity contribution in [3.8, 4) is 0 Å². The van der Waals surface area contributed by atoms with Crippen LogP contribution in [0.15, 0.2) is 18.2 Å². The van der Waals surface area contributed by atoms with Crippen LogP contribution >= 0.6 is 0 Å². The summed E-state index contributed by atoms with van der Waals surface area (Å²) in [5.41, 5.74) is -0.966. The lowest BCUT2D eigenvalue weighted by atomic mass is 9.57. The molecule has 3 unspecified atom stereocenters. The van der Waals surface area contributed by atoms with Gasteiger partial charge in [0.1, 0.15) is 0 Å². The number of carboxylic acid groups (broad SMARTS) is 1. The first-order valence-corrected chi connectivity index (χ1v) is 7.67. The summed E-state index contributed by atoms with van der Waals surface area (Å²) in [5, 5.41) is 22.9. The molecule has 1 amide bonds. The molecule has 2 aliphatic rings. The Labute approximate surface area is 138 Å². The Morgan fingerprint density at radius 1 is 1.33 bits per heavy atom. The third-order valence-electron chi connectivity index (χ3n) is 5.02. The molecule has 0 bridgehead atoms. The van der Waals surface area contributed by atoms with Crippen molar-refractivity contribution in [1.29, 1.82) is 0 Å². The molecule has 24 heavy (non-hydrogen) atoms. The second-order valence-corrected chi connectivity index (χ2v) is 6.85. The number of nitrogens with one attached hydrogen (secondary N) is 1. The number of ether oxygens (including phenoxy) is 1. The van der Waals surface area contributed by atoms with E-state index < -0.39 is 22.5 Å². The zero-order valence-electron chi connectivity index (χ0n) is 13.3. The minimum absolute atomic E-state index is 0.0280. The lowest BCUT2D eigenvalue weighted by Gasteiger charge is -2.54. The first kappa shape index (κ1) is 16.4. The largest absolute Gasteiger partial charge is 0.478 e. The van der Waals surface area contributed by atoms with Gasteiger partial charge in [0, 0.05) is 41.7 Å². The van der Waals surface area contributed by atoms with E-state index in [1.54, 1.807) is 0 Å².